The van der Waals surface area contributed by atoms with Gasteiger partial charge in [0, 0.05) is 5.02 Å². The smallest absolute Gasteiger partial charge is 0.127 e. The zero-order valence-electron chi connectivity index (χ0n) is 11.7. The summed E-state index contributed by atoms with van der Waals surface area (Å²) in [4.78, 5) is 0. The number of benzene rings is 3. The minimum Gasteiger partial charge on any atom is -0.457 e. The van der Waals surface area contributed by atoms with Crippen LogP contribution >= 0.6 is 23.2 Å². The fourth-order valence-electron chi connectivity index (χ4n) is 2.19. The molecule has 3 heteroatoms. The molecule has 22 heavy (non-hydrogen) atoms. The van der Waals surface area contributed by atoms with Gasteiger partial charge in [-0.1, -0.05) is 60.1 Å². The maximum Gasteiger partial charge on any atom is 0.127 e. The summed E-state index contributed by atoms with van der Waals surface area (Å²) in [7, 11) is 0. The lowest BCUT2D eigenvalue weighted by molar-refractivity contribution is 0.482. The average molecular weight is 329 g/mol. The van der Waals surface area contributed by atoms with E-state index >= 15 is 0 Å². The van der Waals surface area contributed by atoms with Crippen molar-refractivity contribution in [1.82, 2.24) is 0 Å². The van der Waals surface area contributed by atoms with Crippen molar-refractivity contribution in [3.05, 3.63) is 95.0 Å². The summed E-state index contributed by atoms with van der Waals surface area (Å²) in [5.74, 6) is 1.58. The van der Waals surface area contributed by atoms with Crippen LogP contribution in [-0.4, -0.2) is 0 Å². The highest BCUT2D eigenvalue weighted by molar-refractivity contribution is 6.33. The van der Waals surface area contributed by atoms with E-state index < -0.39 is 0 Å². The fraction of sp³-hybridized carbons (Fsp3) is 0.0526. The third kappa shape index (κ3) is 3.44. The third-order valence-corrected chi connectivity index (χ3v) is 4.16. The molecule has 3 aromatic rings. The number of hydrogen-bond donors (Lipinski definition) is 0. The van der Waals surface area contributed by atoms with Crippen LogP contribution in [0, 0.1) is 0 Å². The molecule has 0 saturated carbocycles. The first-order valence-corrected chi connectivity index (χ1v) is 7.77. The summed E-state index contributed by atoms with van der Waals surface area (Å²) in [6, 6.07) is 25.0. The Bertz CT molecular complexity index is 739. The van der Waals surface area contributed by atoms with Crippen LogP contribution in [0.4, 0.5) is 0 Å². The molecule has 0 radical (unpaired) electrons. The topological polar surface area (TPSA) is 9.23 Å². The number of alkyl halides is 1. The largest absolute Gasteiger partial charge is 0.457 e. The van der Waals surface area contributed by atoms with Crippen LogP contribution in [0.25, 0.3) is 0 Å². The molecule has 0 heterocycles. The number of rotatable bonds is 4. The van der Waals surface area contributed by atoms with Gasteiger partial charge in [0.1, 0.15) is 11.5 Å². The normalized spacial score (nSPS) is 11.9. The van der Waals surface area contributed by atoms with E-state index in [0.717, 1.165) is 22.6 Å². The summed E-state index contributed by atoms with van der Waals surface area (Å²) in [6.45, 7) is 0. The predicted molar refractivity (Wildman–Crippen MR) is 92.1 cm³/mol. The van der Waals surface area contributed by atoms with Crippen LogP contribution in [0.2, 0.25) is 5.02 Å². The Labute approximate surface area is 140 Å². The minimum atomic E-state index is -0.278. The monoisotopic (exact) mass is 328 g/mol. The summed E-state index contributed by atoms with van der Waals surface area (Å²) in [5.41, 5.74) is 1.89. The molecule has 110 valence electrons. The van der Waals surface area contributed by atoms with Gasteiger partial charge in [0.05, 0.1) is 5.38 Å². The van der Waals surface area contributed by atoms with E-state index in [9.17, 15) is 0 Å². The van der Waals surface area contributed by atoms with Crippen molar-refractivity contribution in [3.8, 4) is 11.5 Å². The van der Waals surface area contributed by atoms with E-state index in [-0.39, 0.29) is 5.38 Å². The molecule has 3 aromatic carbocycles. The lowest BCUT2D eigenvalue weighted by Gasteiger charge is -2.13. The number of ether oxygens (including phenoxy) is 1. The van der Waals surface area contributed by atoms with Crippen molar-refractivity contribution in [2.45, 2.75) is 5.38 Å². The fourth-order valence-corrected chi connectivity index (χ4v) is 2.83. The van der Waals surface area contributed by atoms with Crippen LogP contribution in [0.5, 0.6) is 11.5 Å². The molecule has 0 fully saturated rings. The van der Waals surface area contributed by atoms with Gasteiger partial charge in [-0.25, -0.2) is 0 Å². The molecule has 0 aromatic heterocycles. The van der Waals surface area contributed by atoms with E-state index in [1.165, 1.54) is 0 Å². The first-order chi connectivity index (χ1) is 10.7. The standard InChI is InChI=1S/C19H14Cl2O/c20-18-9-5-4-8-17(18)19(21)14-10-12-16(13-11-14)22-15-6-2-1-3-7-15/h1-13,19H. The van der Waals surface area contributed by atoms with Gasteiger partial charge >= 0.3 is 0 Å². The Kier molecular flexibility index (Phi) is 4.67. The molecule has 1 atom stereocenters. The molecule has 0 spiro atoms. The Morgan fingerprint density at radius 2 is 1.27 bits per heavy atom. The van der Waals surface area contributed by atoms with Gasteiger partial charge in [-0.2, -0.15) is 0 Å². The van der Waals surface area contributed by atoms with Gasteiger partial charge in [-0.15, -0.1) is 11.6 Å². The van der Waals surface area contributed by atoms with E-state index in [1.807, 2.05) is 78.9 Å². The Balaban J connectivity index is 1.78. The summed E-state index contributed by atoms with van der Waals surface area (Å²) in [5, 5.41) is 0.395. The Morgan fingerprint density at radius 1 is 0.682 bits per heavy atom. The van der Waals surface area contributed by atoms with Crippen LogP contribution < -0.4 is 4.74 Å². The second-order valence-corrected chi connectivity index (χ2v) is 5.71. The van der Waals surface area contributed by atoms with Crippen molar-refractivity contribution in [2.24, 2.45) is 0 Å². The lowest BCUT2D eigenvalue weighted by atomic mass is 10.0. The molecular formula is C19H14Cl2O. The molecule has 0 aliphatic rings. The van der Waals surface area contributed by atoms with Gasteiger partial charge in [0.25, 0.3) is 0 Å². The van der Waals surface area contributed by atoms with Crippen LogP contribution in [0.1, 0.15) is 16.5 Å². The van der Waals surface area contributed by atoms with Crippen molar-refractivity contribution in [1.29, 1.82) is 0 Å². The van der Waals surface area contributed by atoms with Crippen LogP contribution in [-0.2, 0) is 0 Å². The van der Waals surface area contributed by atoms with E-state index in [0.29, 0.717) is 5.02 Å². The average Bonchev–Trinajstić information content (AvgIpc) is 2.56. The molecule has 0 saturated heterocycles. The van der Waals surface area contributed by atoms with Crippen molar-refractivity contribution < 1.29 is 4.74 Å². The predicted octanol–water partition coefficient (Wildman–Crippen LogP) is 6.46. The first-order valence-electron chi connectivity index (χ1n) is 6.95. The summed E-state index contributed by atoms with van der Waals surface area (Å²) < 4.78 is 5.77. The zero-order chi connectivity index (χ0) is 15.4. The molecule has 0 N–H and O–H groups in total. The van der Waals surface area contributed by atoms with Crippen LogP contribution in [0.15, 0.2) is 78.9 Å². The van der Waals surface area contributed by atoms with Crippen LogP contribution in [0.3, 0.4) is 0 Å². The van der Waals surface area contributed by atoms with Crippen molar-refractivity contribution >= 4 is 23.2 Å². The van der Waals surface area contributed by atoms with Crippen molar-refractivity contribution in [2.75, 3.05) is 0 Å². The third-order valence-electron chi connectivity index (χ3n) is 3.33. The van der Waals surface area contributed by atoms with E-state index in [2.05, 4.69) is 0 Å². The lowest BCUT2D eigenvalue weighted by Crippen LogP contribution is -1.94. The number of para-hydroxylation sites is 1. The second-order valence-electron chi connectivity index (χ2n) is 4.87. The molecule has 0 amide bonds. The molecule has 0 aliphatic carbocycles. The van der Waals surface area contributed by atoms with Gasteiger partial charge in [-0.3, -0.25) is 0 Å². The maximum atomic E-state index is 6.52. The molecular weight excluding hydrogens is 315 g/mol. The number of hydrogen-bond acceptors (Lipinski definition) is 1. The second kappa shape index (κ2) is 6.87. The SMILES string of the molecule is Clc1ccccc1C(Cl)c1ccc(Oc2ccccc2)cc1. The highest BCUT2D eigenvalue weighted by Crippen LogP contribution is 2.34. The van der Waals surface area contributed by atoms with E-state index in [4.69, 9.17) is 27.9 Å². The highest BCUT2D eigenvalue weighted by atomic mass is 35.5. The van der Waals surface area contributed by atoms with Gasteiger partial charge in [-0.05, 0) is 41.5 Å². The van der Waals surface area contributed by atoms with Gasteiger partial charge in [0.2, 0.25) is 0 Å². The quantitative estimate of drug-likeness (QED) is 0.499. The Hall–Kier alpha value is -1.96. The molecule has 3 rings (SSSR count). The molecule has 1 nitrogen and oxygen atoms in total. The minimum absolute atomic E-state index is 0.278. The molecule has 0 aliphatic heterocycles. The zero-order valence-corrected chi connectivity index (χ0v) is 13.3. The van der Waals surface area contributed by atoms with Gasteiger partial charge in [0.15, 0.2) is 0 Å². The number of halogens is 2. The summed E-state index contributed by atoms with van der Waals surface area (Å²) in [6.07, 6.45) is 0. The first kappa shape index (κ1) is 15.0. The van der Waals surface area contributed by atoms with Gasteiger partial charge < -0.3 is 4.74 Å². The maximum absolute atomic E-state index is 6.52. The Morgan fingerprint density at radius 3 is 1.95 bits per heavy atom. The van der Waals surface area contributed by atoms with E-state index in [1.54, 1.807) is 0 Å². The highest BCUT2D eigenvalue weighted by Gasteiger charge is 2.13. The molecule has 0 bridgehead atoms. The van der Waals surface area contributed by atoms with Crippen molar-refractivity contribution in [3.63, 3.8) is 0 Å². The molecule has 1 unspecified atom stereocenters. The summed E-state index contributed by atoms with van der Waals surface area (Å²) >= 11 is 12.7.